The quantitative estimate of drug-likeness (QED) is 0.906. The largest absolute Gasteiger partial charge is 0.481 e. The first kappa shape index (κ1) is 12.4. The summed E-state index contributed by atoms with van der Waals surface area (Å²) in [6.45, 7) is 4.65. The van der Waals surface area contributed by atoms with Crippen molar-refractivity contribution < 1.29 is 9.90 Å². The molecule has 0 saturated heterocycles. The third-order valence-electron chi connectivity index (χ3n) is 2.05. The second-order valence-corrected chi connectivity index (χ2v) is 4.83. The average Bonchev–Trinajstić information content (AvgIpc) is 2.51. The predicted octanol–water partition coefficient (Wildman–Crippen LogP) is 2.60. The Morgan fingerprint density at radius 2 is 2.47 bits per heavy atom. The Kier molecular flexibility index (Phi) is 4.53. The van der Waals surface area contributed by atoms with Crippen LogP contribution in [0.4, 0.5) is 5.13 Å². The first-order chi connectivity index (χ1) is 7.04. The first-order valence-corrected chi connectivity index (χ1v) is 6.31. The Labute approximate surface area is 101 Å². The maximum absolute atomic E-state index is 10.6. The minimum absolute atomic E-state index is 0.0365. The standard InChI is InChI=1S/C9H13BrN2O2S/c1-3-12(6(2)4-8(13)14)9-11-7(10)5-15-9/h5-6H,3-4H2,1-2H3,(H,13,14). The molecule has 4 nitrogen and oxygen atoms in total. The molecule has 1 N–H and O–H groups in total. The van der Waals surface area contributed by atoms with E-state index in [1.165, 1.54) is 11.3 Å². The van der Waals surface area contributed by atoms with Crippen molar-refractivity contribution in [3.63, 3.8) is 0 Å². The van der Waals surface area contributed by atoms with Crippen molar-refractivity contribution in [1.29, 1.82) is 0 Å². The second-order valence-electron chi connectivity index (χ2n) is 3.19. The molecule has 0 radical (unpaired) electrons. The molecule has 1 atom stereocenters. The van der Waals surface area contributed by atoms with Gasteiger partial charge in [0.25, 0.3) is 0 Å². The maximum Gasteiger partial charge on any atom is 0.305 e. The minimum Gasteiger partial charge on any atom is -0.481 e. The number of carboxylic acids is 1. The van der Waals surface area contributed by atoms with E-state index in [1.807, 2.05) is 24.1 Å². The van der Waals surface area contributed by atoms with Crippen LogP contribution in [-0.4, -0.2) is 28.6 Å². The monoisotopic (exact) mass is 292 g/mol. The summed E-state index contributed by atoms with van der Waals surface area (Å²) in [4.78, 5) is 16.9. The van der Waals surface area contributed by atoms with Crippen molar-refractivity contribution in [2.45, 2.75) is 26.3 Å². The number of nitrogens with zero attached hydrogens (tertiary/aromatic N) is 2. The average molecular weight is 293 g/mol. The molecule has 1 aromatic heterocycles. The van der Waals surface area contributed by atoms with Gasteiger partial charge < -0.3 is 10.0 Å². The molecule has 0 bridgehead atoms. The number of carbonyl (C=O) groups is 1. The molecule has 0 aliphatic rings. The third kappa shape index (κ3) is 3.46. The highest BCUT2D eigenvalue weighted by molar-refractivity contribution is 9.10. The summed E-state index contributed by atoms with van der Waals surface area (Å²) in [5.41, 5.74) is 0. The van der Waals surface area contributed by atoms with E-state index >= 15 is 0 Å². The number of thiazole rings is 1. The molecule has 0 saturated carbocycles. The molecule has 0 aromatic carbocycles. The second kappa shape index (κ2) is 5.46. The minimum atomic E-state index is -0.781. The Morgan fingerprint density at radius 1 is 1.80 bits per heavy atom. The SMILES string of the molecule is CCN(c1nc(Br)cs1)C(C)CC(=O)O. The third-order valence-corrected chi connectivity index (χ3v) is 3.64. The lowest BCUT2D eigenvalue weighted by molar-refractivity contribution is -0.137. The van der Waals surface area contributed by atoms with Crippen LogP contribution < -0.4 is 4.90 Å². The van der Waals surface area contributed by atoms with E-state index in [0.717, 1.165) is 16.3 Å². The highest BCUT2D eigenvalue weighted by Gasteiger charge is 2.18. The van der Waals surface area contributed by atoms with Crippen molar-refractivity contribution in [2.75, 3.05) is 11.4 Å². The summed E-state index contributed by atoms with van der Waals surface area (Å²) in [7, 11) is 0. The summed E-state index contributed by atoms with van der Waals surface area (Å²) in [6, 6.07) is -0.0365. The molecule has 1 aromatic rings. The van der Waals surface area contributed by atoms with Crippen LogP contribution in [0, 0.1) is 0 Å². The molecule has 0 spiro atoms. The Hall–Kier alpha value is -0.620. The summed E-state index contributed by atoms with van der Waals surface area (Å²) >= 11 is 4.80. The molecular weight excluding hydrogens is 280 g/mol. The summed E-state index contributed by atoms with van der Waals surface area (Å²) in [5, 5.41) is 11.5. The van der Waals surface area contributed by atoms with Crippen LogP contribution in [0.3, 0.4) is 0 Å². The number of aromatic nitrogens is 1. The van der Waals surface area contributed by atoms with Crippen molar-refractivity contribution in [2.24, 2.45) is 0 Å². The normalized spacial score (nSPS) is 12.5. The van der Waals surface area contributed by atoms with Gasteiger partial charge in [-0.1, -0.05) is 0 Å². The predicted molar refractivity (Wildman–Crippen MR) is 64.5 cm³/mol. The van der Waals surface area contributed by atoms with Gasteiger partial charge in [0.05, 0.1) is 6.42 Å². The van der Waals surface area contributed by atoms with E-state index in [1.54, 1.807) is 0 Å². The highest BCUT2D eigenvalue weighted by Crippen LogP contribution is 2.25. The van der Waals surface area contributed by atoms with Crippen molar-refractivity contribution >= 4 is 38.4 Å². The number of rotatable bonds is 5. The maximum atomic E-state index is 10.6. The number of halogens is 1. The fourth-order valence-corrected chi connectivity index (χ4v) is 2.79. The van der Waals surface area contributed by atoms with Crippen LogP contribution in [0.1, 0.15) is 20.3 Å². The number of carboxylic acid groups (broad SMARTS) is 1. The van der Waals surface area contributed by atoms with E-state index < -0.39 is 5.97 Å². The highest BCUT2D eigenvalue weighted by atomic mass is 79.9. The van der Waals surface area contributed by atoms with Gasteiger partial charge >= 0.3 is 5.97 Å². The molecular formula is C9H13BrN2O2S. The van der Waals surface area contributed by atoms with Gasteiger partial charge in [-0.25, -0.2) is 4.98 Å². The lowest BCUT2D eigenvalue weighted by atomic mass is 10.2. The van der Waals surface area contributed by atoms with Gasteiger partial charge in [0.1, 0.15) is 4.60 Å². The number of aliphatic carboxylic acids is 1. The molecule has 0 amide bonds. The molecule has 0 fully saturated rings. The molecule has 1 rings (SSSR count). The van der Waals surface area contributed by atoms with Crippen molar-refractivity contribution in [1.82, 2.24) is 4.98 Å². The van der Waals surface area contributed by atoms with Gasteiger partial charge in [-0.3, -0.25) is 4.79 Å². The lowest BCUT2D eigenvalue weighted by Gasteiger charge is -2.26. The lowest BCUT2D eigenvalue weighted by Crippen LogP contribution is -2.34. The van der Waals surface area contributed by atoms with Crippen LogP contribution in [0.25, 0.3) is 0 Å². The Bertz CT molecular complexity index is 343. The fraction of sp³-hybridized carbons (Fsp3) is 0.556. The molecule has 6 heteroatoms. The van der Waals surface area contributed by atoms with E-state index in [-0.39, 0.29) is 12.5 Å². The molecule has 1 unspecified atom stereocenters. The summed E-state index contributed by atoms with van der Waals surface area (Å²) < 4.78 is 0.795. The van der Waals surface area contributed by atoms with Crippen molar-refractivity contribution in [3.8, 4) is 0 Å². The zero-order valence-electron chi connectivity index (χ0n) is 8.61. The Balaban J connectivity index is 2.74. The molecule has 1 heterocycles. The molecule has 0 aliphatic heterocycles. The fourth-order valence-electron chi connectivity index (χ4n) is 1.38. The van der Waals surface area contributed by atoms with Crippen LogP contribution in [0.2, 0.25) is 0 Å². The molecule has 84 valence electrons. The number of hydrogen-bond donors (Lipinski definition) is 1. The van der Waals surface area contributed by atoms with E-state index in [0.29, 0.717) is 0 Å². The molecule has 0 aliphatic carbocycles. The summed E-state index contributed by atoms with van der Waals surface area (Å²) in [5.74, 6) is -0.781. The van der Waals surface area contributed by atoms with E-state index in [2.05, 4.69) is 20.9 Å². The van der Waals surface area contributed by atoms with Gasteiger partial charge in [0.15, 0.2) is 5.13 Å². The van der Waals surface area contributed by atoms with Gasteiger partial charge in [0.2, 0.25) is 0 Å². The van der Waals surface area contributed by atoms with Crippen LogP contribution >= 0.6 is 27.3 Å². The van der Waals surface area contributed by atoms with Crippen LogP contribution in [0.5, 0.6) is 0 Å². The van der Waals surface area contributed by atoms with Gasteiger partial charge in [-0.05, 0) is 29.8 Å². The first-order valence-electron chi connectivity index (χ1n) is 4.64. The van der Waals surface area contributed by atoms with E-state index in [4.69, 9.17) is 5.11 Å². The van der Waals surface area contributed by atoms with Crippen LogP contribution in [0.15, 0.2) is 9.98 Å². The number of anilines is 1. The smallest absolute Gasteiger partial charge is 0.305 e. The zero-order chi connectivity index (χ0) is 11.4. The van der Waals surface area contributed by atoms with Crippen LogP contribution in [-0.2, 0) is 4.79 Å². The van der Waals surface area contributed by atoms with Gasteiger partial charge in [0, 0.05) is 18.0 Å². The zero-order valence-corrected chi connectivity index (χ0v) is 11.0. The van der Waals surface area contributed by atoms with Gasteiger partial charge in [-0.2, -0.15) is 0 Å². The van der Waals surface area contributed by atoms with Crippen molar-refractivity contribution in [3.05, 3.63) is 9.98 Å². The topological polar surface area (TPSA) is 53.4 Å². The Morgan fingerprint density at radius 3 is 2.87 bits per heavy atom. The molecule has 15 heavy (non-hydrogen) atoms. The summed E-state index contributed by atoms with van der Waals surface area (Å²) in [6.07, 6.45) is 0.130. The van der Waals surface area contributed by atoms with Gasteiger partial charge in [-0.15, -0.1) is 11.3 Å². The van der Waals surface area contributed by atoms with E-state index in [9.17, 15) is 4.79 Å². The number of hydrogen-bond acceptors (Lipinski definition) is 4.